The smallest absolute Gasteiger partial charge is 0.0579 e. The Morgan fingerprint density at radius 3 is 2.65 bits per heavy atom. The average molecular weight is 273 g/mol. The van der Waals surface area contributed by atoms with E-state index in [1.165, 1.54) is 49.7 Å². The van der Waals surface area contributed by atoms with Crippen molar-refractivity contribution in [2.24, 2.45) is 5.92 Å². The van der Waals surface area contributed by atoms with Crippen molar-refractivity contribution in [2.75, 3.05) is 13.2 Å². The summed E-state index contributed by atoms with van der Waals surface area (Å²) in [6.07, 6.45) is 8.15. The molecule has 0 aromatic heterocycles. The molecule has 2 heteroatoms. The Bertz CT molecular complexity index is 404. The standard InChI is InChI=1S/C18H27NO/c1-14-4-6-15(7-5-14)11-16(13-19-17-8-9-17)12-18-3-2-10-20-18/h4-7,16-19H,2-3,8-13H2,1H3. The highest BCUT2D eigenvalue weighted by Crippen LogP contribution is 2.24. The number of aryl methyl sites for hydroxylation is 1. The first kappa shape index (κ1) is 14.1. The Hall–Kier alpha value is -0.860. The van der Waals surface area contributed by atoms with Gasteiger partial charge in [0, 0.05) is 12.6 Å². The SMILES string of the molecule is Cc1ccc(CC(CNC2CC2)CC2CCCO2)cc1. The van der Waals surface area contributed by atoms with E-state index in [9.17, 15) is 0 Å². The van der Waals surface area contributed by atoms with Crippen molar-refractivity contribution < 1.29 is 4.74 Å². The fourth-order valence-electron chi connectivity index (χ4n) is 3.12. The van der Waals surface area contributed by atoms with Gasteiger partial charge in [0.1, 0.15) is 0 Å². The first-order valence-electron chi connectivity index (χ1n) is 8.20. The van der Waals surface area contributed by atoms with Gasteiger partial charge >= 0.3 is 0 Å². The summed E-state index contributed by atoms with van der Waals surface area (Å²) in [5, 5.41) is 3.71. The maximum Gasteiger partial charge on any atom is 0.0579 e. The first-order chi connectivity index (χ1) is 9.79. The van der Waals surface area contributed by atoms with Crippen LogP contribution in [0.15, 0.2) is 24.3 Å². The van der Waals surface area contributed by atoms with Gasteiger partial charge in [-0.2, -0.15) is 0 Å². The van der Waals surface area contributed by atoms with Crippen molar-refractivity contribution in [1.29, 1.82) is 0 Å². The highest BCUT2D eigenvalue weighted by atomic mass is 16.5. The number of rotatable bonds is 7. The van der Waals surface area contributed by atoms with Gasteiger partial charge in [0.2, 0.25) is 0 Å². The molecule has 3 rings (SSSR count). The quantitative estimate of drug-likeness (QED) is 0.821. The van der Waals surface area contributed by atoms with E-state index in [-0.39, 0.29) is 0 Å². The van der Waals surface area contributed by atoms with E-state index in [1.807, 2.05) is 0 Å². The number of nitrogens with one attached hydrogen (secondary N) is 1. The molecule has 1 saturated heterocycles. The number of hydrogen-bond acceptors (Lipinski definition) is 2. The van der Waals surface area contributed by atoms with Crippen LogP contribution < -0.4 is 5.32 Å². The summed E-state index contributed by atoms with van der Waals surface area (Å²) in [6.45, 7) is 4.28. The molecule has 2 unspecified atom stereocenters. The summed E-state index contributed by atoms with van der Waals surface area (Å²) >= 11 is 0. The van der Waals surface area contributed by atoms with Crippen LogP contribution in [-0.2, 0) is 11.2 Å². The van der Waals surface area contributed by atoms with Gasteiger partial charge in [-0.3, -0.25) is 0 Å². The molecule has 2 atom stereocenters. The first-order valence-corrected chi connectivity index (χ1v) is 8.20. The van der Waals surface area contributed by atoms with Crippen LogP contribution in [0.2, 0.25) is 0 Å². The summed E-state index contributed by atoms with van der Waals surface area (Å²) < 4.78 is 5.83. The van der Waals surface area contributed by atoms with Crippen LogP contribution >= 0.6 is 0 Å². The predicted octanol–water partition coefficient (Wildman–Crippen LogP) is 3.47. The van der Waals surface area contributed by atoms with E-state index in [0.29, 0.717) is 12.0 Å². The predicted molar refractivity (Wildman–Crippen MR) is 83.0 cm³/mol. The van der Waals surface area contributed by atoms with Crippen molar-refractivity contribution in [1.82, 2.24) is 5.32 Å². The summed E-state index contributed by atoms with van der Waals surface area (Å²) in [5.41, 5.74) is 2.82. The molecule has 1 N–H and O–H groups in total. The Labute approximate surface area is 122 Å². The third-order valence-corrected chi connectivity index (χ3v) is 4.54. The second kappa shape index (κ2) is 6.73. The zero-order valence-electron chi connectivity index (χ0n) is 12.6. The topological polar surface area (TPSA) is 21.3 Å². The average Bonchev–Trinajstić information content (AvgIpc) is 3.15. The molecular weight excluding hydrogens is 246 g/mol. The van der Waals surface area contributed by atoms with Gasteiger partial charge in [0.15, 0.2) is 0 Å². The third-order valence-electron chi connectivity index (χ3n) is 4.54. The Kier molecular flexibility index (Phi) is 4.74. The van der Waals surface area contributed by atoms with Gasteiger partial charge in [-0.25, -0.2) is 0 Å². The fourth-order valence-corrected chi connectivity index (χ4v) is 3.12. The zero-order chi connectivity index (χ0) is 13.8. The van der Waals surface area contributed by atoms with E-state index >= 15 is 0 Å². The van der Waals surface area contributed by atoms with Crippen molar-refractivity contribution in [2.45, 2.75) is 57.6 Å². The Balaban J connectivity index is 1.55. The Morgan fingerprint density at radius 1 is 1.20 bits per heavy atom. The minimum Gasteiger partial charge on any atom is -0.378 e. The lowest BCUT2D eigenvalue weighted by molar-refractivity contribution is 0.0892. The molecule has 1 heterocycles. The lowest BCUT2D eigenvalue weighted by Crippen LogP contribution is -2.28. The monoisotopic (exact) mass is 273 g/mol. The minimum atomic E-state index is 0.506. The molecule has 2 aliphatic rings. The molecule has 2 fully saturated rings. The van der Waals surface area contributed by atoms with E-state index in [0.717, 1.165) is 19.2 Å². The van der Waals surface area contributed by atoms with Gasteiger partial charge < -0.3 is 10.1 Å². The van der Waals surface area contributed by atoms with Crippen LogP contribution in [0.3, 0.4) is 0 Å². The van der Waals surface area contributed by atoms with Gasteiger partial charge in [-0.05, 0) is 63.5 Å². The lowest BCUT2D eigenvalue weighted by Gasteiger charge is -2.21. The largest absolute Gasteiger partial charge is 0.378 e. The summed E-state index contributed by atoms with van der Waals surface area (Å²) in [7, 11) is 0. The number of ether oxygens (including phenoxy) is 1. The molecule has 1 saturated carbocycles. The number of benzene rings is 1. The molecule has 1 aromatic rings. The van der Waals surface area contributed by atoms with Crippen LogP contribution in [0.4, 0.5) is 0 Å². The molecule has 1 aromatic carbocycles. The molecule has 1 aliphatic carbocycles. The second-order valence-corrected chi connectivity index (χ2v) is 6.61. The molecular formula is C18H27NO. The summed E-state index contributed by atoms with van der Waals surface area (Å²) in [6, 6.07) is 9.84. The van der Waals surface area contributed by atoms with Crippen molar-refractivity contribution in [3.8, 4) is 0 Å². The maximum absolute atomic E-state index is 5.83. The van der Waals surface area contributed by atoms with Crippen LogP contribution in [-0.4, -0.2) is 25.3 Å². The highest BCUT2D eigenvalue weighted by Gasteiger charge is 2.25. The van der Waals surface area contributed by atoms with E-state index in [4.69, 9.17) is 4.74 Å². The summed E-state index contributed by atoms with van der Waals surface area (Å²) in [5.74, 6) is 0.710. The van der Waals surface area contributed by atoms with Gasteiger partial charge in [0.05, 0.1) is 6.10 Å². The van der Waals surface area contributed by atoms with Gasteiger partial charge in [-0.1, -0.05) is 29.8 Å². The van der Waals surface area contributed by atoms with Crippen LogP contribution in [0.1, 0.15) is 43.2 Å². The van der Waals surface area contributed by atoms with Gasteiger partial charge in [0.25, 0.3) is 0 Å². The van der Waals surface area contributed by atoms with Crippen LogP contribution in [0.5, 0.6) is 0 Å². The van der Waals surface area contributed by atoms with Gasteiger partial charge in [-0.15, -0.1) is 0 Å². The van der Waals surface area contributed by atoms with Crippen LogP contribution in [0, 0.1) is 12.8 Å². The minimum absolute atomic E-state index is 0.506. The maximum atomic E-state index is 5.83. The van der Waals surface area contributed by atoms with Crippen molar-refractivity contribution >= 4 is 0 Å². The van der Waals surface area contributed by atoms with Crippen molar-refractivity contribution in [3.05, 3.63) is 35.4 Å². The van der Waals surface area contributed by atoms with E-state index in [2.05, 4.69) is 36.5 Å². The van der Waals surface area contributed by atoms with E-state index < -0.39 is 0 Å². The molecule has 0 amide bonds. The van der Waals surface area contributed by atoms with Crippen LogP contribution in [0.25, 0.3) is 0 Å². The summed E-state index contributed by atoms with van der Waals surface area (Å²) in [4.78, 5) is 0. The molecule has 0 radical (unpaired) electrons. The zero-order valence-corrected chi connectivity index (χ0v) is 12.6. The molecule has 0 spiro atoms. The fraction of sp³-hybridized carbons (Fsp3) is 0.667. The van der Waals surface area contributed by atoms with Crippen molar-refractivity contribution in [3.63, 3.8) is 0 Å². The second-order valence-electron chi connectivity index (χ2n) is 6.61. The van der Waals surface area contributed by atoms with E-state index in [1.54, 1.807) is 0 Å². The third kappa shape index (κ3) is 4.32. The molecule has 110 valence electrons. The Morgan fingerprint density at radius 2 is 2.00 bits per heavy atom. The highest BCUT2D eigenvalue weighted by molar-refractivity contribution is 5.21. The molecule has 1 aliphatic heterocycles. The molecule has 0 bridgehead atoms. The molecule has 20 heavy (non-hydrogen) atoms. The number of hydrogen-bond donors (Lipinski definition) is 1. The normalized spacial score (nSPS) is 23.9. The molecule has 2 nitrogen and oxygen atoms in total. The lowest BCUT2D eigenvalue weighted by atomic mass is 9.92.